The minimum Gasteiger partial charge on any atom is -0.474 e. The zero-order valence-corrected chi connectivity index (χ0v) is 10.8. The summed E-state index contributed by atoms with van der Waals surface area (Å²) in [4.78, 5) is 21.1. The van der Waals surface area contributed by atoms with Crippen LogP contribution in [-0.4, -0.2) is 52.3 Å². The van der Waals surface area contributed by atoms with Crippen molar-refractivity contribution in [3.05, 3.63) is 12.7 Å². The topological polar surface area (TPSA) is 113 Å². The summed E-state index contributed by atoms with van der Waals surface area (Å²) in [6, 6.07) is -0.676. The molecule has 0 aliphatic rings. The van der Waals surface area contributed by atoms with Gasteiger partial charge in [0.1, 0.15) is 0 Å². The highest BCUT2D eigenvalue weighted by atomic mass is 33.1. The molecule has 2 atom stereocenters. The number of hydrogen-bond donors (Lipinski definition) is 4. The second-order valence-corrected chi connectivity index (χ2v) is 5.68. The molecule has 5 N–H and O–H groups in total. The first kappa shape index (κ1) is 16.3. The van der Waals surface area contributed by atoms with Gasteiger partial charge in [0, 0.05) is 17.5 Å². The molecule has 0 fully saturated rings. The largest absolute Gasteiger partial charge is 0.474 e. The Kier molecular flexibility index (Phi) is 8.96. The van der Waals surface area contributed by atoms with Crippen molar-refractivity contribution in [1.82, 2.24) is 5.32 Å². The smallest absolute Gasteiger partial charge is 0.394 e. The van der Waals surface area contributed by atoms with Crippen LogP contribution in [0.4, 0.5) is 0 Å². The van der Waals surface area contributed by atoms with E-state index in [9.17, 15) is 9.59 Å². The molecule has 0 aromatic heterocycles. The second-order valence-electron chi connectivity index (χ2n) is 3.13. The van der Waals surface area contributed by atoms with Crippen molar-refractivity contribution in [2.75, 3.05) is 18.1 Å². The number of nitrogens with two attached hydrogens (primary N) is 1. The Balaban J connectivity index is 3.79. The monoisotopic (exact) mass is 280 g/mol. The zero-order valence-electron chi connectivity index (χ0n) is 9.17. The molecule has 0 bridgehead atoms. The molecule has 0 radical (unpaired) electrons. The minimum absolute atomic E-state index is 0.103. The molecule has 0 heterocycles. The fourth-order valence-corrected chi connectivity index (χ4v) is 3.09. The van der Waals surface area contributed by atoms with Gasteiger partial charge in [-0.25, -0.2) is 4.79 Å². The lowest BCUT2D eigenvalue weighted by Crippen LogP contribution is -2.42. The van der Waals surface area contributed by atoms with Gasteiger partial charge in [0.25, 0.3) is 0 Å². The summed E-state index contributed by atoms with van der Waals surface area (Å²) < 4.78 is 0. The highest BCUT2D eigenvalue weighted by Gasteiger charge is 2.16. The molecular formula is C9H16N2O4S2. The number of aliphatic carboxylic acids is 1. The van der Waals surface area contributed by atoms with Gasteiger partial charge >= 0.3 is 11.9 Å². The summed E-state index contributed by atoms with van der Waals surface area (Å²) in [5.74, 6) is -1.60. The molecule has 0 saturated carbocycles. The van der Waals surface area contributed by atoms with Crippen LogP contribution < -0.4 is 11.1 Å². The van der Waals surface area contributed by atoms with Crippen LogP contribution in [0.3, 0.4) is 0 Å². The maximum atomic E-state index is 10.8. The van der Waals surface area contributed by atoms with Crippen LogP contribution in [-0.2, 0) is 9.59 Å². The quantitative estimate of drug-likeness (QED) is 0.204. The van der Waals surface area contributed by atoms with E-state index in [0.29, 0.717) is 11.5 Å². The number of carbonyl (C=O) groups is 2. The molecule has 0 saturated heterocycles. The molecule has 0 spiro atoms. The Morgan fingerprint density at radius 3 is 2.47 bits per heavy atom. The maximum absolute atomic E-state index is 10.8. The van der Waals surface area contributed by atoms with Crippen molar-refractivity contribution in [2.24, 2.45) is 5.73 Å². The number of nitrogens with one attached hydrogen (secondary N) is 1. The van der Waals surface area contributed by atoms with Gasteiger partial charge in [-0.05, 0) is 0 Å². The lowest BCUT2D eigenvalue weighted by Gasteiger charge is -2.14. The predicted molar refractivity (Wildman–Crippen MR) is 69.7 cm³/mol. The molecule has 0 aromatic carbocycles. The van der Waals surface area contributed by atoms with E-state index in [-0.39, 0.29) is 12.6 Å². The van der Waals surface area contributed by atoms with Crippen LogP contribution >= 0.6 is 21.6 Å². The molecule has 1 amide bonds. The van der Waals surface area contributed by atoms with E-state index in [1.54, 1.807) is 6.08 Å². The third-order valence-electron chi connectivity index (χ3n) is 1.67. The summed E-state index contributed by atoms with van der Waals surface area (Å²) in [6.07, 6.45) is 1.63. The standard InChI is InChI=1S/C9H16N2O4S2/c1-2-6(10)4-16-17-5-7(3-12)11-8(13)9(14)15/h2,6-7,12H,1,3-5,10H2,(H,11,13)(H,14,15). The molecular weight excluding hydrogens is 264 g/mol. The van der Waals surface area contributed by atoms with Crippen molar-refractivity contribution in [3.8, 4) is 0 Å². The number of amides is 1. The predicted octanol–water partition coefficient (Wildman–Crippen LogP) is -0.557. The number of aliphatic hydroxyl groups excluding tert-OH is 1. The van der Waals surface area contributed by atoms with Crippen molar-refractivity contribution in [1.29, 1.82) is 0 Å². The molecule has 0 aliphatic carbocycles. The minimum atomic E-state index is -1.56. The van der Waals surface area contributed by atoms with Crippen LogP contribution in [0, 0.1) is 0 Å². The first-order chi connectivity index (χ1) is 8.01. The molecule has 0 rings (SSSR count). The number of hydrogen-bond acceptors (Lipinski definition) is 6. The molecule has 98 valence electrons. The van der Waals surface area contributed by atoms with Crippen LogP contribution in [0.25, 0.3) is 0 Å². The normalized spacial score (nSPS) is 13.8. The molecule has 8 heteroatoms. The Labute approximate surface area is 107 Å². The maximum Gasteiger partial charge on any atom is 0.394 e. The molecule has 17 heavy (non-hydrogen) atoms. The first-order valence-corrected chi connectivity index (χ1v) is 7.27. The second kappa shape index (κ2) is 9.34. The molecule has 0 aliphatic heterocycles. The number of carbonyl (C=O) groups excluding carboxylic acids is 1. The average molecular weight is 280 g/mol. The number of rotatable bonds is 8. The van der Waals surface area contributed by atoms with E-state index in [1.807, 2.05) is 0 Å². The fraction of sp³-hybridized carbons (Fsp3) is 0.556. The van der Waals surface area contributed by atoms with Gasteiger partial charge in [-0.2, -0.15) is 0 Å². The van der Waals surface area contributed by atoms with E-state index in [0.717, 1.165) is 0 Å². The fourth-order valence-electron chi connectivity index (χ4n) is 0.712. The first-order valence-electron chi connectivity index (χ1n) is 4.78. The number of carboxylic acids is 1. The third-order valence-corrected chi connectivity index (χ3v) is 4.21. The lowest BCUT2D eigenvalue weighted by atomic mass is 10.3. The highest BCUT2D eigenvalue weighted by Crippen LogP contribution is 2.22. The Bertz CT molecular complexity index is 276. The van der Waals surface area contributed by atoms with Crippen LogP contribution in [0.2, 0.25) is 0 Å². The van der Waals surface area contributed by atoms with E-state index in [4.69, 9.17) is 15.9 Å². The Morgan fingerprint density at radius 1 is 1.41 bits per heavy atom. The summed E-state index contributed by atoms with van der Waals surface area (Å²) >= 11 is 0. The van der Waals surface area contributed by atoms with E-state index in [1.165, 1.54) is 21.6 Å². The third kappa shape index (κ3) is 8.08. The molecule has 6 nitrogen and oxygen atoms in total. The number of aliphatic hydroxyl groups is 1. The van der Waals surface area contributed by atoms with Crippen LogP contribution in [0.5, 0.6) is 0 Å². The highest BCUT2D eigenvalue weighted by molar-refractivity contribution is 8.76. The van der Waals surface area contributed by atoms with Gasteiger partial charge < -0.3 is 21.3 Å². The van der Waals surface area contributed by atoms with Gasteiger partial charge in [0.15, 0.2) is 0 Å². The van der Waals surface area contributed by atoms with Crippen molar-refractivity contribution < 1.29 is 19.8 Å². The summed E-state index contributed by atoms with van der Waals surface area (Å²) in [7, 11) is 2.88. The summed E-state index contributed by atoms with van der Waals surface area (Å²) in [6.45, 7) is 3.23. The molecule has 2 unspecified atom stereocenters. The van der Waals surface area contributed by atoms with Gasteiger partial charge in [-0.1, -0.05) is 27.7 Å². The van der Waals surface area contributed by atoms with Crippen molar-refractivity contribution in [2.45, 2.75) is 12.1 Å². The van der Waals surface area contributed by atoms with Gasteiger partial charge in [0.05, 0.1) is 12.6 Å². The van der Waals surface area contributed by atoms with Gasteiger partial charge in [-0.3, -0.25) is 4.79 Å². The molecule has 0 aromatic rings. The van der Waals surface area contributed by atoms with Crippen LogP contribution in [0.1, 0.15) is 0 Å². The zero-order chi connectivity index (χ0) is 13.3. The van der Waals surface area contributed by atoms with E-state index < -0.39 is 17.9 Å². The van der Waals surface area contributed by atoms with Crippen LogP contribution in [0.15, 0.2) is 12.7 Å². The van der Waals surface area contributed by atoms with E-state index >= 15 is 0 Å². The lowest BCUT2D eigenvalue weighted by molar-refractivity contribution is -0.150. The SMILES string of the molecule is C=CC(N)CSSCC(CO)NC(=O)C(=O)O. The van der Waals surface area contributed by atoms with Crippen molar-refractivity contribution in [3.63, 3.8) is 0 Å². The van der Waals surface area contributed by atoms with Crippen molar-refractivity contribution >= 4 is 33.5 Å². The van der Waals surface area contributed by atoms with E-state index in [2.05, 4.69) is 11.9 Å². The average Bonchev–Trinajstić information content (AvgIpc) is 2.31. The van der Waals surface area contributed by atoms with Gasteiger partial charge in [-0.15, -0.1) is 6.58 Å². The number of carboxylic acid groups (broad SMARTS) is 1. The summed E-state index contributed by atoms with van der Waals surface area (Å²) in [5.41, 5.74) is 5.59. The summed E-state index contributed by atoms with van der Waals surface area (Å²) in [5, 5.41) is 19.5. The Hall–Kier alpha value is -0.700. The Morgan fingerprint density at radius 2 is 2.00 bits per heavy atom. The van der Waals surface area contributed by atoms with Gasteiger partial charge in [0.2, 0.25) is 0 Å².